The van der Waals surface area contributed by atoms with Gasteiger partial charge in [-0.25, -0.2) is 9.37 Å². The van der Waals surface area contributed by atoms with Gasteiger partial charge in [-0.15, -0.1) is 11.3 Å². The average Bonchev–Trinajstić information content (AvgIpc) is 3.34. The van der Waals surface area contributed by atoms with Crippen LogP contribution in [0.25, 0.3) is 6.08 Å². The summed E-state index contributed by atoms with van der Waals surface area (Å²) in [5.41, 5.74) is 8.42. The van der Waals surface area contributed by atoms with Crippen molar-refractivity contribution in [3.05, 3.63) is 57.8 Å². The molecule has 2 aromatic rings. The second-order valence-electron chi connectivity index (χ2n) is 7.56. The SMILES string of the molecule is Cc1nc(/C=C/C(=O)N(C)CCCCCC2CC(c3cccc(F)c3)NN2)cs1. The van der Waals surface area contributed by atoms with E-state index in [1.807, 2.05) is 25.4 Å². The highest BCUT2D eigenvalue weighted by molar-refractivity contribution is 7.09. The zero-order valence-electron chi connectivity index (χ0n) is 17.0. The molecule has 1 aliphatic rings. The minimum Gasteiger partial charge on any atom is -0.342 e. The number of aromatic nitrogens is 1. The molecule has 156 valence electrons. The summed E-state index contributed by atoms with van der Waals surface area (Å²) in [6.07, 6.45) is 8.56. The second kappa shape index (κ2) is 10.6. The first-order valence-electron chi connectivity index (χ1n) is 10.1. The van der Waals surface area contributed by atoms with Crippen LogP contribution in [0.4, 0.5) is 4.39 Å². The predicted molar refractivity (Wildman–Crippen MR) is 116 cm³/mol. The highest BCUT2D eigenvalue weighted by Crippen LogP contribution is 2.25. The third-order valence-electron chi connectivity index (χ3n) is 5.19. The number of nitrogens with zero attached hydrogens (tertiary/aromatic N) is 2. The Labute approximate surface area is 176 Å². The van der Waals surface area contributed by atoms with E-state index in [9.17, 15) is 9.18 Å². The maximum absolute atomic E-state index is 13.4. The van der Waals surface area contributed by atoms with E-state index in [-0.39, 0.29) is 17.8 Å². The van der Waals surface area contributed by atoms with Gasteiger partial charge in [0.15, 0.2) is 0 Å². The third-order valence-corrected chi connectivity index (χ3v) is 5.98. The number of amides is 1. The molecule has 1 fully saturated rings. The predicted octanol–water partition coefficient (Wildman–Crippen LogP) is 4.23. The van der Waals surface area contributed by atoms with E-state index in [2.05, 4.69) is 15.8 Å². The van der Waals surface area contributed by atoms with Gasteiger partial charge in [0.2, 0.25) is 5.91 Å². The molecule has 1 aliphatic heterocycles. The number of likely N-dealkylation sites (N-methyl/N-ethyl adjacent to an activating group) is 1. The Morgan fingerprint density at radius 1 is 1.34 bits per heavy atom. The summed E-state index contributed by atoms with van der Waals surface area (Å²) in [6, 6.07) is 7.34. The lowest BCUT2D eigenvalue weighted by Gasteiger charge is -2.15. The largest absolute Gasteiger partial charge is 0.342 e. The van der Waals surface area contributed by atoms with Gasteiger partial charge in [-0.3, -0.25) is 15.6 Å². The summed E-state index contributed by atoms with van der Waals surface area (Å²) in [6.45, 7) is 2.70. The Hall–Kier alpha value is -2.09. The Kier molecular flexibility index (Phi) is 7.91. The lowest BCUT2D eigenvalue weighted by Crippen LogP contribution is -2.30. The number of thiazole rings is 1. The minimum atomic E-state index is -0.192. The minimum absolute atomic E-state index is 0.00949. The van der Waals surface area contributed by atoms with Gasteiger partial charge in [-0.05, 0) is 50.0 Å². The molecule has 2 N–H and O–H groups in total. The normalized spacial score (nSPS) is 19.1. The van der Waals surface area contributed by atoms with Gasteiger partial charge in [0.1, 0.15) is 5.82 Å². The van der Waals surface area contributed by atoms with Crippen LogP contribution in [0.15, 0.2) is 35.7 Å². The molecule has 0 radical (unpaired) electrons. The summed E-state index contributed by atoms with van der Waals surface area (Å²) in [5, 5.41) is 2.95. The molecule has 1 aromatic carbocycles. The molecule has 1 aromatic heterocycles. The maximum Gasteiger partial charge on any atom is 0.246 e. The van der Waals surface area contributed by atoms with Crippen molar-refractivity contribution in [1.82, 2.24) is 20.7 Å². The summed E-state index contributed by atoms with van der Waals surface area (Å²) >= 11 is 1.58. The summed E-state index contributed by atoms with van der Waals surface area (Å²) in [5.74, 6) is -0.182. The van der Waals surface area contributed by atoms with Crippen LogP contribution in [-0.4, -0.2) is 35.4 Å². The first kappa shape index (κ1) is 21.6. The van der Waals surface area contributed by atoms with Crippen LogP contribution in [0.2, 0.25) is 0 Å². The number of aryl methyl sites for hydroxylation is 1. The van der Waals surface area contributed by atoms with Crippen molar-refractivity contribution in [2.24, 2.45) is 0 Å². The molecule has 2 atom stereocenters. The highest BCUT2D eigenvalue weighted by Gasteiger charge is 2.24. The van der Waals surface area contributed by atoms with E-state index in [1.54, 1.807) is 40.5 Å². The Morgan fingerprint density at radius 3 is 2.97 bits per heavy atom. The van der Waals surface area contributed by atoms with Crippen LogP contribution in [0.3, 0.4) is 0 Å². The highest BCUT2D eigenvalue weighted by atomic mass is 32.1. The van der Waals surface area contributed by atoms with Crippen molar-refractivity contribution in [2.75, 3.05) is 13.6 Å². The molecule has 0 saturated carbocycles. The van der Waals surface area contributed by atoms with Crippen molar-refractivity contribution in [3.63, 3.8) is 0 Å². The van der Waals surface area contributed by atoms with Crippen molar-refractivity contribution in [2.45, 2.75) is 51.1 Å². The molecule has 0 spiro atoms. The van der Waals surface area contributed by atoms with Gasteiger partial charge in [0.05, 0.1) is 10.7 Å². The third kappa shape index (κ3) is 6.73. The van der Waals surface area contributed by atoms with E-state index >= 15 is 0 Å². The molecule has 2 heterocycles. The number of rotatable bonds is 9. The Morgan fingerprint density at radius 2 is 2.21 bits per heavy atom. The number of carbonyl (C=O) groups excluding carboxylic acids is 1. The van der Waals surface area contributed by atoms with Crippen molar-refractivity contribution in [1.29, 1.82) is 0 Å². The Bertz CT molecular complexity index is 838. The van der Waals surface area contributed by atoms with Crippen LogP contribution in [-0.2, 0) is 4.79 Å². The van der Waals surface area contributed by atoms with E-state index in [4.69, 9.17) is 0 Å². The molecule has 0 bridgehead atoms. The monoisotopic (exact) mass is 416 g/mol. The van der Waals surface area contributed by atoms with Crippen molar-refractivity contribution in [3.8, 4) is 0 Å². The number of hydrazine groups is 1. The van der Waals surface area contributed by atoms with Crippen molar-refractivity contribution >= 4 is 23.3 Å². The molecular weight excluding hydrogens is 387 g/mol. The molecule has 7 heteroatoms. The fraction of sp³-hybridized carbons (Fsp3) is 0.455. The van der Waals surface area contributed by atoms with Crippen LogP contribution in [0.5, 0.6) is 0 Å². The van der Waals surface area contributed by atoms with Gasteiger partial charge < -0.3 is 4.90 Å². The first-order valence-corrected chi connectivity index (χ1v) is 11.0. The number of halogens is 1. The van der Waals surface area contributed by atoms with Crippen molar-refractivity contribution < 1.29 is 9.18 Å². The number of hydrogen-bond donors (Lipinski definition) is 2. The number of unbranched alkanes of at least 4 members (excludes halogenated alkanes) is 2. The molecular formula is C22H29FN4OS. The lowest BCUT2D eigenvalue weighted by molar-refractivity contribution is -0.124. The standard InChI is InChI=1S/C22H29FN4OS/c1-16-24-20(15-29-16)10-11-22(28)27(2)12-5-3-4-9-19-14-21(26-25-19)17-7-6-8-18(23)13-17/h6-8,10-11,13,15,19,21,25-26H,3-5,9,12,14H2,1-2H3/b11-10+. The fourth-order valence-corrected chi connectivity index (χ4v) is 4.10. The van der Waals surface area contributed by atoms with Crippen LogP contribution < -0.4 is 10.9 Å². The summed E-state index contributed by atoms with van der Waals surface area (Å²) in [4.78, 5) is 18.2. The van der Waals surface area contributed by atoms with Gasteiger partial charge >= 0.3 is 0 Å². The molecule has 5 nitrogen and oxygen atoms in total. The summed E-state index contributed by atoms with van der Waals surface area (Å²) in [7, 11) is 1.84. The summed E-state index contributed by atoms with van der Waals surface area (Å²) < 4.78 is 13.4. The molecule has 29 heavy (non-hydrogen) atoms. The molecule has 2 unspecified atom stereocenters. The van der Waals surface area contributed by atoms with Crippen LogP contribution in [0.1, 0.15) is 54.4 Å². The van der Waals surface area contributed by atoms with E-state index in [0.717, 1.165) is 54.9 Å². The zero-order chi connectivity index (χ0) is 20.6. The number of benzene rings is 1. The van der Waals surface area contributed by atoms with Crippen LogP contribution in [0, 0.1) is 12.7 Å². The lowest BCUT2D eigenvalue weighted by atomic mass is 9.99. The molecule has 1 saturated heterocycles. The smallest absolute Gasteiger partial charge is 0.246 e. The second-order valence-corrected chi connectivity index (χ2v) is 8.62. The number of carbonyl (C=O) groups is 1. The number of hydrogen-bond acceptors (Lipinski definition) is 5. The van der Waals surface area contributed by atoms with E-state index < -0.39 is 0 Å². The maximum atomic E-state index is 13.4. The number of nitrogens with one attached hydrogen (secondary N) is 2. The van der Waals surface area contributed by atoms with Gasteiger partial charge in [0.25, 0.3) is 0 Å². The zero-order valence-corrected chi connectivity index (χ0v) is 17.8. The average molecular weight is 417 g/mol. The van der Waals surface area contributed by atoms with Gasteiger partial charge in [0, 0.05) is 37.1 Å². The van der Waals surface area contributed by atoms with E-state index in [1.165, 1.54) is 6.07 Å². The first-order chi connectivity index (χ1) is 14.0. The Balaban J connectivity index is 1.30. The molecule has 0 aliphatic carbocycles. The fourth-order valence-electron chi connectivity index (χ4n) is 3.52. The van der Waals surface area contributed by atoms with Crippen LogP contribution >= 0.6 is 11.3 Å². The van der Waals surface area contributed by atoms with Gasteiger partial charge in [-0.1, -0.05) is 25.0 Å². The van der Waals surface area contributed by atoms with Gasteiger partial charge in [-0.2, -0.15) is 0 Å². The molecule has 3 rings (SSSR count). The topological polar surface area (TPSA) is 57.3 Å². The molecule has 1 amide bonds. The van der Waals surface area contributed by atoms with E-state index in [0.29, 0.717) is 6.04 Å². The quantitative estimate of drug-likeness (QED) is 0.474.